The van der Waals surface area contributed by atoms with E-state index in [9.17, 15) is 19.2 Å². The van der Waals surface area contributed by atoms with Crippen LogP contribution in [0.2, 0.25) is 0 Å². The lowest BCUT2D eigenvalue weighted by Crippen LogP contribution is -2.51. The molecule has 2 aliphatic heterocycles. The van der Waals surface area contributed by atoms with E-state index in [0.29, 0.717) is 13.1 Å². The van der Waals surface area contributed by atoms with Crippen LogP contribution in [-0.4, -0.2) is 93.6 Å². The summed E-state index contributed by atoms with van der Waals surface area (Å²) in [5.41, 5.74) is 6.13. The Morgan fingerprint density at radius 1 is 0.727 bits per heavy atom. The van der Waals surface area contributed by atoms with E-state index in [1.165, 1.54) is 14.2 Å². The average Bonchev–Trinajstić information content (AvgIpc) is 3.78. The first-order chi connectivity index (χ1) is 26.5. The van der Waals surface area contributed by atoms with E-state index in [4.69, 9.17) is 14.7 Å². The van der Waals surface area contributed by atoms with Crippen molar-refractivity contribution in [3.63, 3.8) is 0 Å². The molecule has 2 aliphatic carbocycles. The Hall–Kier alpha value is -5.66. The molecule has 14 nitrogen and oxygen atoms in total. The van der Waals surface area contributed by atoms with Crippen molar-refractivity contribution < 1.29 is 28.7 Å². The largest absolute Gasteiger partial charge is 0.453 e. The van der Waals surface area contributed by atoms with Gasteiger partial charge in [-0.05, 0) is 77.5 Å². The predicted molar refractivity (Wildman–Crippen MR) is 203 cm³/mol. The topological polar surface area (TPSA) is 175 Å². The molecule has 0 bridgehead atoms. The number of nitrogens with one attached hydrogen (secondary N) is 4. The summed E-state index contributed by atoms with van der Waals surface area (Å²) in [6, 6.07) is 15.6. The van der Waals surface area contributed by atoms with Gasteiger partial charge < -0.3 is 39.9 Å². The van der Waals surface area contributed by atoms with Gasteiger partial charge in [0.15, 0.2) is 0 Å². The molecule has 0 radical (unpaired) electrons. The Bertz CT molecular complexity index is 2080. The lowest BCUT2D eigenvalue weighted by atomic mass is 10.0. The van der Waals surface area contributed by atoms with Crippen molar-refractivity contribution in [3.05, 3.63) is 72.6 Å². The minimum Gasteiger partial charge on any atom is -0.453 e. The summed E-state index contributed by atoms with van der Waals surface area (Å²) < 4.78 is 9.43. The van der Waals surface area contributed by atoms with E-state index < -0.39 is 18.2 Å². The fourth-order valence-corrected chi connectivity index (χ4v) is 8.36. The van der Waals surface area contributed by atoms with Crippen LogP contribution in [0.1, 0.15) is 76.1 Å². The standard InChI is InChI=1S/C41H48N8O6/c1-24(2)34(47-39(53)55-4)37(51)49-23-41(15-16-41)18-32(49)36-43-20-30(46-36)28-11-7-26(8-12-28)25-5-9-27(10-6-25)29-19-42-35(45-29)31-17-40(13-14-40)22-48(31)33(50)21-44-38(52)54-3/h5-12,19-20,24,31-32,34H,13-18,21-23H2,1-4H3,(H,42,45)(H,43,46)(H,44,52)(H,47,53)/t31-,32-,34-/m0/s1. The van der Waals surface area contributed by atoms with Gasteiger partial charge in [0.05, 0.1) is 50.1 Å². The van der Waals surface area contributed by atoms with Gasteiger partial charge in [-0.1, -0.05) is 62.4 Å². The number of imidazole rings is 2. The molecule has 0 unspecified atom stereocenters. The Labute approximate surface area is 319 Å². The highest BCUT2D eigenvalue weighted by Crippen LogP contribution is 2.59. The second-order valence-corrected chi connectivity index (χ2v) is 16.1. The number of rotatable bonds is 10. The van der Waals surface area contributed by atoms with Crippen LogP contribution >= 0.6 is 0 Å². The van der Waals surface area contributed by atoms with Crippen molar-refractivity contribution in [2.24, 2.45) is 16.7 Å². The maximum atomic E-state index is 13.8. The van der Waals surface area contributed by atoms with Crippen LogP contribution in [0.3, 0.4) is 0 Å². The number of likely N-dealkylation sites (tertiary alicyclic amines) is 2. The van der Waals surface area contributed by atoms with Crippen LogP contribution in [0.25, 0.3) is 33.6 Å². The first-order valence-corrected chi connectivity index (χ1v) is 19.1. The molecular formula is C41H48N8O6. The number of carbonyl (C=O) groups excluding carboxylic acids is 4. The average molecular weight is 749 g/mol. The number of aromatic nitrogens is 4. The number of hydrogen-bond donors (Lipinski definition) is 4. The molecule has 4 heterocycles. The van der Waals surface area contributed by atoms with E-state index in [0.717, 1.165) is 83.8 Å². The number of benzene rings is 2. The summed E-state index contributed by atoms with van der Waals surface area (Å²) >= 11 is 0. The van der Waals surface area contributed by atoms with Gasteiger partial charge in [0.1, 0.15) is 24.2 Å². The van der Waals surface area contributed by atoms with Gasteiger partial charge in [-0.3, -0.25) is 9.59 Å². The summed E-state index contributed by atoms with van der Waals surface area (Å²) in [6.07, 6.45) is 8.47. The summed E-state index contributed by atoms with van der Waals surface area (Å²) in [7, 11) is 2.58. The zero-order valence-corrected chi connectivity index (χ0v) is 31.7. The number of methoxy groups -OCH3 is 2. The molecule has 2 aromatic heterocycles. The lowest BCUT2D eigenvalue weighted by molar-refractivity contribution is -0.135. The molecule has 2 saturated heterocycles. The zero-order valence-electron chi connectivity index (χ0n) is 31.7. The highest BCUT2D eigenvalue weighted by atomic mass is 16.5. The van der Waals surface area contributed by atoms with Crippen molar-refractivity contribution in [2.45, 2.75) is 70.5 Å². The van der Waals surface area contributed by atoms with Crippen LogP contribution in [0, 0.1) is 16.7 Å². The lowest BCUT2D eigenvalue weighted by Gasteiger charge is -2.30. The molecule has 4 fully saturated rings. The van der Waals surface area contributed by atoms with Crippen molar-refractivity contribution in [3.8, 4) is 33.6 Å². The predicted octanol–water partition coefficient (Wildman–Crippen LogP) is 5.98. The second kappa shape index (κ2) is 14.2. The van der Waals surface area contributed by atoms with Crippen LogP contribution in [-0.2, 0) is 19.1 Å². The minimum atomic E-state index is -0.684. The van der Waals surface area contributed by atoms with Gasteiger partial charge >= 0.3 is 12.2 Å². The maximum absolute atomic E-state index is 13.8. The van der Waals surface area contributed by atoms with E-state index in [2.05, 4.69) is 73.9 Å². The van der Waals surface area contributed by atoms with Gasteiger partial charge in [0.2, 0.25) is 11.8 Å². The van der Waals surface area contributed by atoms with Crippen LogP contribution in [0.15, 0.2) is 60.9 Å². The molecule has 14 heteroatoms. The third kappa shape index (κ3) is 7.29. The molecular weight excluding hydrogens is 701 g/mol. The number of hydrogen-bond acceptors (Lipinski definition) is 8. The highest BCUT2D eigenvalue weighted by molar-refractivity contribution is 5.87. The first-order valence-electron chi connectivity index (χ1n) is 19.1. The molecule has 2 saturated carbocycles. The monoisotopic (exact) mass is 748 g/mol. The number of ether oxygens (including phenoxy) is 2. The van der Waals surface area contributed by atoms with Gasteiger partial charge in [-0.2, -0.15) is 0 Å². The molecule has 4 amide bonds. The maximum Gasteiger partial charge on any atom is 0.407 e. The molecule has 288 valence electrons. The van der Waals surface area contributed by atoms with E-state index in [1.807, 2.05) is 36.0 Å². The summed E-state index contributed by atoms with van der Waals surface area (Å²) in [5, 5.41) is 5.25. The van der Waals surface area contributed by atoms with Crippen LogP contribution in [0.4, 0.5) is 9.59 Å². The Morgan fingerprint density at radius 2 is 1.18 bits per heavy atom. The fourth-order valence-electron chi connectivity index (χ4n) is 8.36. The Balaban J connectivity index is 0.935. The molecule has 3 atom stereocenters. The third-order valence-corrected chi connectivity index (χ3v) is 12.0. The second-order valence-electron chi connectivity index (χ2n) is 16.1. The van der Waals surface area contributed by atoms with E-state index in [-0.39, 0.29) is 47.2 Å². The molecule has 55 heavy (non-hydrogen) atoms. The number of nitrogens with zero attached hydrogens (tertiary/aromatic N) is 4. The number of amides is 4. The van der Waals surface area contributed by atoms with E-state index >= 15 is 0 Å². The van der Waals surface area contributed by atoms with Crippen LogP contribution in [0.5, 0.6) is 0 Å². The van der Waals surface area contributed by atoms with Crippen molar-refractivity contribution in [1.82, 2.24) is 40.4 Å². The van der Waals surface area contributed by atoms with Gasteiger partial charge in [0, 0.05) is 13.1 Å². The van der Waals surface area contributed by atoms with Crippen molar-refractivity contribution >= 4 is 24.0 Å². The summed E-state index contributed by atoms with van der Waals surface area (Å²) in [5.74, 6) is 1.14. The zero-order chi connectivity index (χ0) is 38.5. The highest BCUT2D eigenvalue weighted by Gasteiger charge is 2.56. The van der Waals surface area contributed by atoms with Gasteiger partial charge in [-0.25, -0.2) is 19.6 Å². The summed E-state index contributed by atoms with van der Waals surface area (Å²) in [4.78, 5) is 70.7. The normalized spacial score (nSPS) is 20.8. The fraction of sp³-hybridized carbons (Fsp3) is 0.463. The molecule has 2 aromatic carbocycles. The Morgan fingerprint density at radius 3 is 1.64 bits per heavy atom. The molecule has 4 aliphatic rings. The smallest absolute Gasteiger partial charge is 0.407 e. The van der Waals surface area contributed by atoms with Crippen LogP contribution < -0.4 is 10.6 Å². The van der Waals surface area contributed by atoms with E-state index in [1.54, 1.807) is 0 Å². The molecule has 8 rings (SSSR count). The molecule has 2 spiro atoms. The number of H-pyrrole nitrogens is 2. The third-order valence-electron chi connectivity index (χ3n) is 12.0. The van der Waals surface area contributed by atoms with Gasteiger partial charge in [0.25, 0.3) is 0 Å². The SMILES string of the molecule is COC(=O)NCC(=O)N1CC2(CC2)C[C@H]1c1ncc(-c2ccc(-c3ccc(-c4cnc([C@@H]5CC6(CC6)CN5C(=O)[C@@H](NC(=O)OC)C(C)C)[nH]4)cc3)cc2)[nH]1. The molecule has 4 aromatic rings. The number of aromatic amines is 2. The van der Waals surface area contributed by atoms with Gasteiger partial charge in [-0.15, -0.1) is 0 Å². The number of carbonyl (C=O) groups is 4. The number of alkyl carbamates (subject to hydrolysis) is 2. The molecule has 4 N–H and O–H groups in total. The Kier molecular flexibility index (Phi) is 9.38. The summed E-state index contributed by atoms with van der Waals surface area (Å²) in [6.45, 7) is 5.06. The minimum absolute atomic E-state index is 0.102. The van der Waals surface area contributed by atoms with Crippen molar-refractivity contribution in [1.29, 1.82) is 0 Å². The van der Waals surface area contributed by atoms with Crippen molar-refractivity contribution in [2.75, 3.05) is 33.9 Å². The first kappa shape index (κ1) is 36.3. The quantitative estimate of drug-likeness (QED) is 0.153.